The van der Waals surface area contributed by atoms with Gasteiger partial charge in [0, 0.05) is 25.9 Å². The monoisotopic (exact) mass is 289 g/mol. The fraction of sp³-hybridized carbons (Fsp3) is 0.933. The first-order chi connectivity index (χ1) is 8.81. The molecule has 0 aromatic carbocycles. The SMILES string of the molecule is [CH2]CC[Si](OCC(C)C)(OCC(C)C)OCC(C)C. The maximum atomic E-state index is 6.09. The van der Waals surface area contributed by atoms with Gasteiger partial charge in [0.15, 0.2) is 0 Å². The maximum Gasteiger partial charge on any atom is 0.500 e. The number of hydrogen-bond acceptors (Lipinski definition) is 3. The lowest BCUT2D eigenvalue weighted by atomic mass is 10.2. The van der Waals surface area contributed by atoms with E-state index >= 15 is 0 Å². The van der Waals surface area contributed by atoms with E-state index in [-0.39, 0.29) is 0 Å². The van der Waals surface area contributed by atoms with Gasteiger partial charge in [-0.05, 0) is 24.2 Å². The summed E-state index contributed by atoms with van der Waals surface area (Å²) in [6.07, 6.45) is 0.792. The van der Waals surface area contributed by atoms with Crippen molar-refractivity contribution in [3.63, 3.8) is 0 Å². The summed E-state index contributed by atoms with van der Waals surface area (Å²) in [5, 5.41) is 0. The molecule has 0 atom stereocenters. The van der Waals surface area contributed by atoms with Crippen LogP contribution in [0.15, 0.2) is 0 Å². The minimum absolute atomic E-state index is 0.488. The molecule has 19 heavy (non-hydrogen) atoms. The molecular weight excluding hydrogens is 256 g/mol. The summed E-state index contributed by atoms with van der Waals surface area (Å²) in [5.74, 6) is 1.46. The Bertz CT molecular complexity index is 186. The zero-order valence-electron chi connectivity index (χ0n) is 13.7. The summed E-state index contributed by atoms with van der Waals surface area (Å²) in [6.45, 7) is 18.9. The zero-order chi connectivity index (χ0) is 14.9. The van der Waals surface area contributed by atoms with Crippen LogP contribution in [0.1, 0.15) is 48.0 Å². The second kappa shape index (κ2) is 9.92. The van der Waals surface area contributed by atoms with Gasteiger partial charge in [-0.15, -0.1) is 0 Å². The van der Waals surface area contributed by atoms with Crippen LogP contribution in [0.4, 0.5) is 0 Å². The van der Waals surface area contributed by atoms with Gasteiger partial charge >= 0.3 is 8.80 Å². The zero-order valence-corrected chi connectivity index (χ0v) is 14.7. The van der Waals surface area contributed by atoms with E-state index < -0.39 is 8.80 Å². The molecule has 115 valence electrons. The Balaban J connectivity index is 4.65. The Kier molecular flexibility index (Phi) is 9.97. The highest BCUT2D eigenvalue weighted by Crippen LogP contribution is 2.21. The van der Waals surface area contributed by atoms with Gasteiger partial charge in [0.05, 0.1) is 0 Å². The molecule has 0 aromatic heterocycles. The van der Waals surface area contributed by atoms with Gasteiger partial charge in [-0.3, -0.25) is 0 Å². The molecule has 0 spiro atoms. The molecule has 0 bridgehead atoms. The fourth-order valence-electron chi connectivity index (χ4n) is 1.44. The molecule has 0 unspecified atom stereocenters. The van der Waals surface area contributed by atoms with Crippen LogP contribution in [0.5, 0.6) is 0 Å². The van der Waals surface area contributed by atoms with Crippen molar-refractivity contribution in [2.24, 2.45) is 17.8 Å². The third kappa shape index (κ3) is 9.60. The molecule has 0 aliphatic rings. The van der Waals surface area contributed by atoms with Crippen molar-refractivity contribution < 1.29 is 13.3 Å². The predicted octanol–water partition coefficient (Wildman–Crippen LogP) is 4.17. The van der Waals surface area contributed by atoms with Crippen LogP contribution in [-0.2, 0) is 13.3 Å². The van der Waals surface area contributed by atoms with Gasteiger partial charge in [-0.1, -0.05) is 48.5 Å². The lowest BCUT2D eigenvalue weighted by Gasteiger charge is -2.31. The van der Waals surface area contributed by atoms with Gasteiger partial charge < -0.3 is 13.3 Å². The molecule has 1 radical (unpaired) electrons. The number of rotatable bonds is 11. The summed E-state index contributed by atoms with van der Waals surface area (Å²) in [6, 6.07) is 0.805. The highest BCUT2D eigenvalue weighted by molar-refractivity contribution is 6.60. The lowest BCUT2D eigenvalue weighted by Crippen LogP contribution is -2.48. The summed E-state index contributed by atoms with van der Waals surface area (Å²) in [7, 11) is -2.55. The van der Waals surface area contributed by atoms with Crippen molar-refractivity contribution in [1.82, 2.24) is 0 Å². The molecule has 0 N–H and O–H groups in total. The quantitative estimate of drug-likeness (QED) is 0.534. The van der Waals surface area contributed by atoms with Crippen LogP contribution in [-0.4, -0.2) is 28.6 Å². The molecule has 0 fully saturated rings. The fourth-order valence-corrected chi connectivity index (χ4v) is 4.32. The van der Waals surface area contributed by atoms with E-state index in [1.807, 2.05) is 0 Å². The molecule has 4 heteroatoms. The van der Waals surface area contributed by atoms with Gasteiger partial charge in [0.2, 0.25) is 0 Å². The molecule has 0 aromatic rings. The van der Waals surface area contributed by atoms with Gasteiger partial charge in [-0.25, -0.2) is 0 Å². The minimum Gasteiger partial charge on any atom is -0.373 e. The first-order valence-electron chi connectivity index (χ1n) is 7.52. The van der Waals surface area contributed by atoms with E-state index in [0.29, 0.717) is 37.6 Å². The van der Waals surface area contributed by atoms with Gasteiger partial charge in [0.1, 0.15) is 0 Å². The van der Waals surface area contributed by atoms with Gasteiger partial charge in [0.25, 0.3) is 0 Å². The van der Waals surface area contributed by atoms with E-state index in [9.17, 15) is 0 Å². The lowest BCUT2D eigenvalue weighted by molar-refractivity contribution is 0.0369. The normalized spacial score (nSPS) is 12.9. The standard InChI is InChI=1S/C15H33O3Si/c1-8-9-19(16-10-13(2)3,17-11-14(4)5)18-12-15(6)7/h13-15H,1,8-12H2,2-7H3. The Morgan fingerprint density at radius 1 is 0.737 bits per heavy atom. The van der Waals surface area contributed by atoms with E-state index in [2.05, 4.69) is 48.5 Å². The molecule has 0 aliphatic heterocycles. The second-order valence-corrected chi connectivity index (χ2v) is 9.13. The third-order valence-electron chi connectivity index (χ3n) is 2.39. The van der Waals surface area contributed by atoms with E-state index in [1.165, 1.54) is 0 Å². The molecule has 0 aliphatic carbocycles. The van der Waals surface area contributed by atoms with Crippen molar-refractivity contribution in [2.45, 2.75) is 54.0 Å². The highest BCUT2D eigenvalue weighted by Gasteiger charge is 2.40. The van der Waals surface area contributed by atoms with Crippen LogP contribution >= 0.6 is 0 Å². The van der Waals surface area contributed by atoms with Crippen LogP contribution < -0.4 is 0 Å². The molecule has 0 rings (SSSR count). The summed E-state index contributed by atoms with van der Waals surface area (Å²) >= 11 is 0. The third-order valence-corrected chi connectivity index (χ3v) is 5.18. The van der Waals surface area contributed by atoms with Gasteiger partial charge in [-0.2, -0.15) is 0 Å². The van der Waals surface area contributed by atoms with E-state index in [1.54, 1.807) is 0 Å². The summed E-state index contributed by atoms with van der Waals surface area (Å²) in [5.41, 5.74) is 0. The molecule has 0 saturated heterocycles. The molecule has 3 nitrogen and oxygen atoms in total. The smallest absolute Gasteiger partial charge is 0.373 e. The molecule has 0 amide bonds. The van der Waals surface area contributed by atoms with Crippen molar-refractivity contribution in [3.8, 4) is 0 Å². The van der Waals surface area contributed by atoms with Crippen LogP contribution in [0.2, 0.25) is 6.04 Å². The van der Waals surface area contributed by atoms with Crippen LogP contribution in [0.25, 0.3) is 0 Å². The molecule has 0 saturated carbocycles. The van der Waals surface area contributed by atoms with Crippen molar-refractivity contribution >= 4 is 8.80 Å². The Morgan fingerprint density at radius 3 is 1.26 bits per heavy atom. The highest BCUT2D eigenvalue weighted by atomic mass is 28.4. The largest absolute Gasteiger partial charge is 0.500 e. The topological polar surface area (TPSA) is 27.7 Å². The number of hydrogen-bond donors (Lipinski definition) is 0. The second-order valence-electron chi connectivity index (χ2n) is 6.40. The molecular formula is C15H33O3Si. The minimum atomic E-state index is -2.55. The predicted molar refractivity (Wildman–Crippen MR) is 82.9 cm³/mol. The first kappa shape index (κ1) is 19.1. The van der Waals surface area contributed by atoms with Crippen molar-refractivity contribution in [1.29, 1.82) is 0 Å². The summed E-state index contributed by atoms with van der Waals surface area (Å²) in [4.78, 5) is 0. The van der Waals surface area contributed by atoms with E-state index in [0.717, 1.165) is 12.5 Å². The van der Waals surface area contributed by atoms with E-state index in [4.69, 9.17) is 13.3 Å². The average Bonchev–Trinajstić information content (AvgIpc) is 2.31. The Hall–Kier alpha value is 0.0969. The van der Waals surface area contributed by atoms with Crippen molar-refractivity contribution in [2.75, 3.05) is 19.8 Å². The maximum absolute atomic E-state index is 6.09. The average molecular weight is 290 g/mol. The summed E-state index contributed by atoms with van der Waals surface area (Å²) < 4.78 is 18.3. The van der Waals surface area contributed by atoms with Crippen LogP contribution in [0.3, 0.4) is 0 Å². The van der Waals surface area contributed by atoms with Crippen molar-refractivity contribution in [3.05, 3.63) is 6.92 Å². The Labute approximate surface area is 121 Å². The Morgan fingerprint density at radius 2 is 1.05 bits per heavy atom. The van der Waals surface area contributed by atoms with Crippen LogP contribution in [0, 0.1) is 24.7 Å². The first-order valence-corrected chi connectivity index (χ1v) is 9.45. The molecule has 0 heterocycles.